The number of carbonyl (C=O) groups excluding carboxylic acids is 1. The van der Waals surface area contributed by atoms with Crippen molar-refractivity contribution in [3.8, 4) is 0 Å². The van der Waals surface area contributed by atoms with Gasteiger partial charge in [-0.05, 0) is 58.2 Å². The van der Waals surface area contributed by atoms with Gasteiger partial charge in [0.05, 0.1) is 28.9 Å². The van der Waals surface area contributed by atoms with E-state index in [1.165, 1.54) is 23.5 Å². The highest BCUT2D eigenvalue weighted by Gasteiger charge is 2.25. The summed E-state index contributed by atoms with van der Waals surface area (Å²) in [7, 11) is -3.83. The number of rotatable bonds is 7. The fraction of sp³-hybridized carbons (Fsp3) is 0.611. The number of quaternary nitrogens is 1. The Kier molecular flexibility index (Phi) is 7.02. The van der Waals surface area contributed by atoms with Gasteiger partial charge in [0.25, 0.3) is 5.91 Å². The molecule has 1 amide bonds. The van der Waals surface area contributed by atoms with E-state index in [9.17, 15) is 13.2 Å². The Morgan fingerprint density at radius 2 is 2.00 bits per heavy atom. The summed E-state index contributed by atoms with van der Waals surface area (Å²) in [5, 5.41) is 8.18. The zero-order chi connectivity index (χ0) is 19.3. The van der Waals surface area contributed by atoms with Crippen LogP contribution >= 0.6 is 0 Å². The predicted molar refractivity (Wildman–Crippen MR) is 104 cm³/mol. The van der Waals surface area contributed by atoms with Gasteiger partial charge in [0, 0.05) is 13.1 Å². The summed E-state index contributed by atoms with van der Waals surface area (Å²) in [4.78, 5) is 16.0. The van der Waals surface area contributed by atoms with Crippen LogP contribution in [0.4, 0.5) is 11.4 Å². The van der Waals surface area contributed by atoms with Gasteiger partial charge >= 0.3 is 0 Å². The minimum atomic E-state index is -3.83. The van der Waals surface area contributed by atoms with E-state index >= 15 is 0 Å². The molecule has 146 valence electrons. The van der Waals surface area contributed by atoms with Crippen molar-refractivity contribution in [3.63, 3.8) is 0 Å². The summed E-state index contributed by atoms with van der Waals surface area (Å²) in [6, 6.07) is 5.11. The fourth-order valence-electron chi connectivity index (χ4n) is 3.55. The van der Waals surface area contributed by atoms with Crippen LogP contribution in [0, 0.1) is 0 Å². The van der Waals surface area contributed by atoms with Gasteiger partial charge in [0.15, 0.2) is 6.54 Å². The second kappa shape index (κ2) is 8.83. The van der Waals surface area contributed by atoms with Crippen LogP contribution in [0.3, 0.4) is 0 Å². The third kappa shape index (κ3) is 5.18. The Balaban J connectivity index is 2.25. The third-order valence-electron chi connectivity index (χ3n) is 5.14. The molecule has 0 spiro atoms. The Morgan fingerprint density at radius 1 is 1.31 bits per heavy atom. The van der Waals surface area contributed by atoms with Crippen molar-refractivity contribution in [1.82, 2.24) is 0 Å². The Bertz CT molecular complexity index is 732. The maximum absolute atomic E-state index is 12.6. The number of sulfonamides is 1. The van der Waals surface area contributed by atoms with Crippen LogP contribution < -0.4 is 20.3 Å². The first kappa shape index (κ1) is 20.7. The summed E-state index contributed by atoms with van der Waals surface area (Å²) in [6.45, 7) is 9.09. The van der Waals surface area contributed by atoms with E-state index in [0.717, 1.165) is 38.2 Å². The topological polar surface area (TPSA) is 96.9 Å². The van der Waals surface area contributed by atoms with Crippen molar-refractivity contribution in [1.29, 1.82) is 0 Å². The van der Waals surface area contributed by atoms with Gasteiger partial charge in [-0.1, -0.05) is 0 Å². The first-order valence-electron chi connectivity index (χ1n) is 9.32. The van der Waals surface area contributed by atoms with E-state index in [-0.39, 0.29) is 10.8 Å². The van der Waals surface area contributed by atoms with Crippen LogP contribution in [0.25, 0.3) is 0 Å². The van der Waals surface area contributed by atoms with Gasteiger partial charge in [-0.2, -0.15) is 0 Å². The number of anilines is 2. The number of hydrogen-bond donors (Lipinski definition) is 3. The fourth-order valence-corrected chi connectivity index (χ4v) is 4.09. The zero-order valence-corrected chi connectivity index (χ0v) is 16.7. The van der Waals surface area contributed by atoms with Crippen LogP contribution in [0.1, 0.15) is 40.0 Å². The molecule has 1 aromatic rings. The van der Waals surface area contributed by atoms with E-state index in [1.54, 1.807) is 6.07 Å². The molecule has 1 fully saturated rings. The number of carbonyl (C=O) groups is 1. The molecule has 1 heterocycles. The number of benzene rings is 1. The summed E-state index contributed by atoms with van der Waals surface area (Å²) in [5.74, 6) is -0.103. The van der Waals surface area contributed by atoms with Gasteiger partial charge in [0.1, 0.15) is 0 Å². The molecule has 2 atom stereocenters. The number of nitrogens with two attached hydrogens (primary N) is 1. The lowest BCUT2D eigenvalue weighted by Gasteiger charge is -2.30. The SMILES string of the molecule is CCN(CC)c1ccc(S(N)(=O)=O)cc1NC(=O)C[NH+]1CCCC[C@@H]1C. The maximum atomic E-state index is 12.6. The van der Waals surface area contributed by atoms with E-state index < -0.39 is 10.0 Å². The summed E-state index contributed by atoms with van der Waals surface area (Å²) < 4.78 is 23.4. The molecule has 7 nitrogen and oxygen atoms in total. The van der Waals surface area contributed by atoms with Gasteiger partial charge in [-0.3, -0.25) is 4.79 Å². The molecular weight excluding hydrogens is 352 g/mol. The number of piperidine rings is 1. The second-order valence-corrected chi connectivity index (χ2v) is 8.49. The average Bonchev–Trinajstić information content (AvgIpc) is 2.58. The second-order valence-electron chi connectivity index (χ2n) is 6.93. The van der Waals surface area contributed by atoms with Gasteiger partial charge in [0.2, 0.25) is 10.0 Å². The standard InChI is InChI=1S/C18H30N4O3S/c1-4-21(5-2)17-10-9-15(26(19,24)25)12-16(17)20-18(23)13-22-11-7-6-8-14(22)3/h9-10,12,14H,4-8,11,13H2,1-3H3,(H,20,23)(H2,19,24,25)/p+1/t14-/m0/s1. The first-order chi connectivity index (χ1) is 12.3. The highest BCUT2D eigenvalue weighted by molar-refractivity contribution is 7.89. The lowest BCUT2D eigenvalue weighted by atomic mass is 10.0. The van der Waals surface area contributed by atoms with Crippen molar-refractivity contribution in [2.24, 2.45) is 5.14 Å². The smallest absolute Gasteiger partial charge is 0.279 e. The lowest BCUT2D eigenvalue weighted by Crippen LogP contribution is -3.17. The highest BCUT2D eigenvalue weighted by atomic mass is 32.2. The molecule has 1 aliphatic heterocycles. The van der Waals surface area contributed by atoms with Crippen molar-refractivity contribution in [2.75, 3.05) is 36.4 Å². The minimum absolute atomic E-state index is 0.00222. The van der Waals surface area contributed by atoms with Crippen LogP contribution in [0.15, 0.2) is 23.1 Å². The Hall–Kier alpha value is -1.64. The molecule has 8 heteroatoms. The van der Waals surface area contributed by atoms with Crippen LogP contribution in [-0.2, 0) is 14.8 Å². The molecular formula is C18H31N4O3S+. The molecule has 4 N–H and O–H groups in total. The van der Waals surface area contributed by atoms with Gasteiger partial charge < -0.3 is 15.1 Å². The molecule has 0 bridgehead atoms. The van der Waals surface area contributed by atoms with Crippen molar-refractivity contribution in [2.45, 2.75) is 51.0 Å². The number of nitrogens with zero attached hydrogens (tertiary/aromatic N) is 1. The van der Waals surface area contributed by atoms with E-state index in [0.29, 0.717) is 18.3 Å². The predicted octanol–water partition coefficient (Wildman–Crippen LogP) is 0.576. The number of likely N-dealkylation sites (tertiary alicyclic amines) is 1. The van der Waals surface area contributed by atoms with Crippen LogP contribution in [0.2, 0.25) is 0 Å². The molecule has 0 aromatic heterocycles. The number of nitrogens with one attached hydrogen (secondary N) is 2. The van der Waals surface area contributed by atoms with Crippen LogP contribution in [-0.4, -0.2) is 46.5 Å². The number of amides is 1. The van der Waals surface area contributed by atoms with E-state index in [4.69, 9.17) is 5.14 Å². The van der Waals surface area contributed by atoms with E-state index in [2.05, 4.69) is 17.1 Å². The normalized spacial score (nSPS) is 20.6. The maximum Gasteiger partial charge on any atom is 0.279 e. The number of primary sulfonamides is 1. The Labute approximate surface area is 156 Å². The summed E-state index contributed by atoms with van der Waals surface area (Å²) in [5.41, 5.74) is 1.30. The van der Waals surface area contributed by atoms with Crippen LogP contribution in [0.5, 0.6) is 0 Å². The molecule has 1 unspecified atom stereocenters. The average molecular weight is 384 g/mol. The quantitative estimate of drug-likeness (QED) is 0.641. The Morgan fingerprint density at radius 3 is 2.58 bits per heavy atom. The largest absolute Gasteiger partial charge is 0.370 e. The summed E-state index contributed by atoms with van der Waals surface area (Å²) in [6.07, 6.45) is 3.49. The molecule has 1 aromatic carbocycles. The van der Waals surface area contributed by atoms with Crippen molar-refractivity contribution in [3.05, 3.63) is 18.2 Å². The zero-order valence-electron chi connectivity index (χ0n) is 15.9. The molecule has 0 aliphatic carbocycles. The molecule has 0 saturated carbocycles. The van der Waals surface area contributed by atoms with Gasteiger partial charge in [-0.25, -0.2) is 13.6 Å². The molecule has 2 rings (SSSR count). The first-order valence-corrected chi connectivity index (χ1v) is 10.9. The van der Waals surface area contributed by atoms with Crippen molar-refractivity contribution < 1.29 is 18.1 Å². The molecule has 0 radical (unpaired) electrons. The monoisotopic (exact) mass is 383 g/mol. The molecule has 1 saturated heterocycles. The van der Waals surface area contributed by atoms with E-state index in [1.807, 2.05) is 13.8 Å². The minimum Gasteiger partial charge on any atom is -0.370 e. The van der Waals surface area contributed by atoms with Crippen molar-refractivity contribution >= 4 is 27.3 Å². The summed E-state index contributed by atoms with van der Waals surface area (Å²) >= 11 is 0. The highest BCUT2D eigenvalue weighted by Crippen LogP contribution is 2.28. The van der Waals surface area contributed by atoms with Gasteiger partial charge in [-0.15, -0.1) is 0 Å². The third-order valence-corrected chi connectivity index (χ3v) is 6.06. The number of hydrogen-bond acceptors (Lipinski definition) is 4. The molecule has 1 aliphatic rings. The lowest BCUT2D eigenvalue weighted by molar-refractivity contribution is -0.920. The molecule has 26 heavy (non-hydrogen) atoms.